The zero-order chi connectivity index (χ0) is 21.4. The smallest absolute Gasteiger partial charge is 0.137 e. The summed E-state index contributed by atoms with van der Waals surface area (Å²) in [4.78, 5) is 10.6. The second kappa shape index (κ2) is 8.27. The highest BCUT2D eigenvalue weighted by Crippen LogP contribution is 2.31. The monoisotopic (exact) mass is 427 g/mol. The summed E-state index contributed by atoms with van der Waals surface area (Å²) in [5.41, 5.74) is 7.80. The molecule has 0 bridgehead atoms. The summed E-state index contributed by atoms with van der Waals surface area (Å²) in [6.45, 7) is 7.22. The highest BCUT2D eigenvalue weighted by Gasteiger charge is 2.21. The summed E-state index contributed by atoms with van der Waals surface area (Å²) >= 11 is 1.48. The van der Waals surface area contributed by atoms with Crippen molar-refractivity contribution in [3.63, 3.8) is 0 Å². The lowest BCUT2D eigenvalue weighted by Gasteiger charge is -2.32. The third kappa shape index (κ3) is 4.00. The van der Waals surface area contributed by atoms with Gasteiger partial charge in [0.25, 0.3) is 0 Å². The zero-order valence-corrected chi connectivity index (χ0v) is 18.7. The van der Waals surface area contributed by atoms with E-state index in [4.69, 9.17) is 4.98 Å². The molecule has 1 aliphatic rings. The molecule has 0 radical (unpaired) electrons. The molecule has 1 fully saturated rings. The molecular weight excluding hydrogens is 402 g/mol. The van der Waals surface area contributed by atoms with E-state index in [9.17, 15) is 5.26 Å². The molecule has 0 aliphatic carbocycles. The fourth-order valence-corrected chi connectivity index (χ4v) is 4.81. The van der Waals surface area contributed by atoms with Crippen LogP contribution in [0.3, 0.4) is 0 Å². The number of hydrogen-bond acceptors (Lipinski definition) is 5. The predicted molar refractivity (Wildman–Crippen MR) is 126 cm³/mol. The van der Waals surface area contributed by atoms with E-state index in [1.807, 2.05) is 6.07 Å². The molecule has 4 aromatic rings. The second-order valence-corrected chi connectivity index (χ2v) is 9.22. The molecule has 6 heteroatoms. The Bertz CT molecular complexity index is 1250. The standard InChI is InChI=1S/C25H25N5S/c1-18-3-5-19(6-4-18)20-7-8-24-27-25(21-13-22(14-26)31-17-21)23(30(24)15-20)16-29-11-9-28(2)10-12-29/h3-8,13,15,17H,9-12,16H2,1-2H3. The van der Waals surface area contributed by atoms with Crippen molar-refractivity contribution in [3.05, 3.63) is 70.2 Å². The van der Waals surface area contributed by atoms with Gasteiger partial charge in [-0.05, 0) is 43.3 Å². The Morgan fingerprint density at radius 3 is 2.45 bits per heavy atom. The highest BCUT2D eigenvalue weighted by atomic mass is 32.1. The average Bonchev–Trinajstić information content (AvgIpc) is 3.40. The van der Waals surface area contributed by atoms with Gasteiger partial charge in [0.1, 0.15) is 16.6 Å². The van der Waals surface area contributed by atoms with Gasteiger partial charge in [-0.3, -0.25) is 4.90 Å². The van der Waals surface area contributed by atoms with Gasteiger partial charge < -0.3 is 9.30 Å². The quantitative estimate of drug-likeness (QED) is 0.475. The summed E-state index contributed by atoms with van der Waals surface area (Å²) in [6, 6.07) is 17.1. The van der Waals surface area contributed by atoms with Gasteiger partial charge in [-0.15, -0.1) is 11.3 Å². The fourth-order valence-electron chi connectivity index (χ4n) is 4.13. The van der Waals surface area contributed by atoms with Gasteiger partial charge in [0.2, 0.25) is 0 Å². The van der Waals surface area contributed by atoms with Crippen LogP contribution < -0.4 is 0 Å². The van der Waals surface area contributed by atoms with E-state index in [1.54, 1.807) is 0 Å². The van der Waals surface area contributed by atoms with Crippen molar-refractivity contribution < 1.29 is 0 Å². The summed E-state index contributed by atoms with van der Waals surface area (Å²) in [5.74, 6) is 0. The minimum absolute atomic E-state index is 0.720. The molecule has 1 aromatic carbocycles. The van der Waals surface area contributed by atoms with Crippen LogP contribution in [0, 0.1) is 18.3 Å². The first-order valence-electron chi connectivity index (χ1n) is 10.6. The number of hydrogen-bond donors (Lipinski definition) is 0. The van der Waals surface area contributed by atoms with Crippen LogP contribution in [0.25, 0.3) is 28.0 Å². The van der Waals surface area contributed by atoms with Crippen LogP contribution >= 0.6 is 11.3 Å². The first-order chi connectivity index (χ1) is 15.1. The lowest BCUT2D eigenvalue weighted by Crippen LogP contribution is -2.44. The number of thiophene rings is 1. The van der Waals surface area contributed by atoms with Gasteiger partial charge in [-0.1, -0.05) is 29.8 Å². The number of nitrogens with zero attached hydrogens (tertiary/aromatic N) is 5. The van der Waals surface area contributed by atoms with Gasteiger partial charge in [0.15, 0.2) is 0 Å². The van der Waals surface area contributed by atoms with Crippen molar-refractivity contribution in [1.82, 2.24) is 19.2 Å². The molecule has 0 unspecified atom stereocenters. The van der Waals surface area contributed by atoms with Crippen molar-refractivity contribution in [2.45, 2.75) is 13.5 Å². The normalized spacial score (nSPS) is 15.4. The summed E-state index contributed by atoms with van der Waals surface area (Å²) in [7, 11) is 2.18. The van der Waals surface area contributed by atoms with Gasteiger partial charge in [0.05, 0.1) is 11.4 Å². The third-order valence-corrected chi connectivity index (χ3v) is 6.89. The first kappa shape index (κ1) is 20.0. The Hall–Kier alpha value is -2.98. The first-order valence-corrected chi connectivity index (χ1v) is 11.5. The Morgan fingerprint density at radius 2 is 1.74 bits per heavy atom. The second-order valence-electron chi connectivity index (χ2n) is 8.31. The summed E-state index contributed by atoms with van der Waals surface area (Å²) < 4.78 is 2.24. The number of likely N-dealkylation sites (N-methyl/N-ethyl adjacent to an activating group) is 1. The number of fused-ring (bicyclic) bond motifs is 1. The summed E-state index contributed by atoms with van der Waals surface area (Å²) in [6.07, 6.45) is 2.21. The van der Waals surface area contributed by atoms with Crippen LogP contribution in [0.4, 0.5) is 0 Å². The van der Waals surface area contributed by atoms with Crippen LogP contribution in [0.15, 0.2) is 54.0 Å². The molecule has 1 saturated heterocycles. The third-order valence-electron chi connectivity index (χ3n) is 6.05. The molecule has 0 atom stereocenters. The SMILES string of the molecule is Cc1ccc(-c2ccc3nc(-c4csc(C#N)c4)c(CN4CCN(C)CC4)n3c2)cc1. The topological polar surface area (TPSA) is 47.6 Å². The van der Waals surface area contributed by atoms with Gasteiger partial charge in [0, 0.05) is 49.9 Å². The minimum Gasteiger partial charge on any atom is -0.304 e. The number of benzene rings is 1. The minimum atomic E-state index is 0.720. The van der Waals surface area contributed by atoms with Crippen molar-refractivity contribution in [1.29, 1.82) is 5.26 Å². The lowest BCUT2D eigenvalue weighted by molar-refractivity contribution is 0.147. The largest absolute Gasteiger partial charge is 0.304 e. The van der Waals surface area contributed by atoms with Crippen molar-refractivity contribution in [2.75, 3.05) is 33.2 Å². The predicted octanol–water partition coefficient (Wildman–Crippen LogP) is 4.66. The number of imidazole rings is 1. The van der Waals surface area contributed by atoms with E-state index in [-0.39, 0.29) is 0 Å². The number of aromatic nitrogens is 2. The van der Waals surface area contributed by atoms with E-state index in [2.05, 4.69) is 82.2 Å². The Labute approximate surface area is 186 Å². The van der Waals surface area contributed by atoms with E-state index in [1.165, 1.54) is 33.7 Å². The number of aryl methyl sites for hydroxylation is 1. The number of pyridine rings is 1. The number of nitriles is 1. The van der Waals surface area contributed by atoms with Crippen LogP contribution in [0.2, 0.25) is 0 Å². The molecule has 5 rings (SSSR count). The molecule has 0 spiro atoms. The van der Waals surface area contributed by atoms with Crippen LogP contribution in [0.5, 0.6) is 0 Å². The zero-order valence-electron chi connectivity index (χ0n) is 17.9. The molecule has 4 heterocycles. The van der Waals surface area contributed by atoms with Crippen molar-refractivity contribution >= 4 is 17.0 Å². The van der Waals surface area contributed by atoms with E-state index >= 15 is 0 Å². The summed E-state index contributed by atoms with van der Waals surface area (Å²) in [5, 5.41) is 11.3. The van der Waals surface area contributed by atoms with E-state index in [0.29, 0.717) is 0 Å². The molecule has 31 heavy (non-hydrogen) atoms. The van der Waals surface area contributed by atoms with Gasteiger partial charge >= 0.3 is 0 Å². The Morgan fingerprint density at radius 1 is 1.00 bits per heavy atom. The van der Waals surface area contributed by atoms with E-state index in [0.717, 1.165) is 54.5 Å². The molecule has 3 aromatic heterocycles. The maximum atomic E-state index is 9.30. The highest BCUT2D eigenvalue weighted by molar-refractivity contribution is 7.10. The number of piperazine rings is 1. The Balaban J connectivity index is 1.60. The van der Waals surface area contributed by atoms with Crippen LogP contribution in [-0.2, 0) is 6.54 Å². The molecule has 1 aliphatic heterocycles. The number of rotatable bonds is 4. The molecule has 0 saturated carbocycles. The molecule has 0 N–H and O–H groups in total. The lowest BCUT2D eigenvalue weighted by atomic mass is 10.1. The van der Waals surface area contributed by atoms with E-state index < -0.39 is 0 Å². The van der Waals surface area contributed by atoms with Gasteiger partial charge in [-0.2, -0.15) is 5.26 Å². The maximum Gasteiger partial charge on any atom is 0.137 e. The molecule has 5 nitrogen and oxygen atoms in total. The maximum absolute atomic E-state index is 9.30. The van der Waals surface area contributed by atoms with Crippen LogP contribution in [0.1, 0.15) is 16.1 Å². The average molecular weight is 428 g/mol. The molecular formula is C25H25N5S. The Kier molecular flexibility index (Phi) is 5.33. The van der Waals surface area contributed by atoms with Crippen molar-refractivity contribution in [2.24, 2.45) is 0 Å². The van der Waals surface area contributed by atoms with Crippen molar-refractivity contribution in [3.8, 4) is 28.5 Å². The molecule has 156 valence electrons. The van der Waals surface area contributed by atoms with Gasteiger partial charge in [-0.25, -0.2) is 4.98 Å². The van der Waals surface area contributed by atoms with Crippen LogP contribution in [-0.4, -0.2) is 52.4 Å². The molecule has 0 amide bonds. The fraction of sp³-hybridized carbons (Fsp3) is 0.280.